The zero-order valence-electron chi connectivity index (χ0n) is 11.4. The summed E-state index contributed by atoms with van der Waals surface area (Å²) in [7, 11) is 0. The van der Waals surface area contributed by atoms with Crippen molar-refractivity contribution in [2.75, 3.05) is 26.2 Å². The van der Waals surface area contributed by atoms with Crippen molar-refractivity contribution >= 4 is 12.1 Å². The Morgan fingerprint density at radius 3 is 2.26 bits per heavy atom. The van der Waals surface area contributed by atoms with E-state index in [0.717, 1.165) is 6.42 Å². The zero-order valence-corrected chi connectivity index (χ0v) is 11.4. The Labute approximate surface area is 112 Å². The average molecular weight is 271 g/mol. The molecule has 2 fully saturated rings. The number of aliphatic hydroxyl groups is 1. The van der Waals surface area contributed by atoms with Crippen molar-refractivity contribution in [2.24, 2.45) is 0 Å². The van der Waals surface area contributed by atoms with Gasteiger partial charge in [-0.1, -0.05) is 13.8 Å². The van der Waals surface area contributed by atoms with Gasteiger partial charge < -0.3 is 9.84 Å². The SMILES string of the molecule is CCCN1C(=O)N(CCC)C(O)N(CC2CO2)C1=O. The second-order valence-corrected chi connectivity index (χ2v) is 4.86. The number of carbonyl (C=O) groups excluding carboxylic acids is 2. The fourth-order valence-electron chi connectivity index (χ4n) is 2.19. The molecule has 1 N–H and O–H groups in total. The van der Waals surface area contributed by atoms with Gasteiger partial charge in [-0.05, 0) is 12.8 Å². The molecule has 0 saturated carbocycles. The van der Waals surface area contributed by atoms with Crippen LogP contribution < -0.4 is 0 Å². The molecular weight excluding hydrogens is 250 g/mol. The number of amides is 4. The van der Waals surface area contributed by atoms with Crippen LogP contribution in [0.1, 0.15) is 26.7 Å². The van der Waals surface area contributed by atoms with Crippen LogP contribution in [0, 0.1) is 0 Å². The van der Waals surface area contributed by atoms with Crippen LogP contribution in [0.15, 0.2) is 0 Å². The molecule has 2 aliphatic heterocycles. The Morgan fingerprint density at radius 1 is 1.16 bits per heavy atom. The standard InChI is InChI=1S/C12H21N3O4/c1-3-5-13-10(16)14(6-4-2)12(18)15(11(13)17)7-9-8-19-9/h9,11,17H,3-8H2,1-2H3. The number of nitrogens with zero attached hydrogens (tertiary/aromatic N) is 3. The molecule has 108 valence electrons. The maximum absolute atomic E-state index is 12.2. The minimum absolute atomic E-state index is 0.0150. The van der Waals surface area contributed by atoms with Crippen molar-refractivity contribution in [1.82, 2.24) is 14.7 Å². The third kappa shape index (κ3) is 2.82. The molecule has 2 unspecified atom stereocenters. The van der Waals surface area contributed by atoms with E-state index in [-0.39, 0.29) is 6.10 Å². The van der Waals surface area contributed by atoms with Crippen LogP contribution in [0.25, 0.3) is 0 Å². The highest BCUT2D eigenvalue weighted by atomic mass is 16.6. The normalized spacial score (nSPS) is 27.2. The lowest BCUT2D eigenvalue weighted by Crippen LogP contribution is -2.67. The summed E-state index contributed by atoms with van der Waals surface area (Å²) >= 11 is 0. The predicted octanol–water partition coefficient (Wildman–Crippen LogP) is 0.641. The fourth-order valence-corrected chi connectivity index (χ4v) is 2.19. The first-order chi connectivity index (χ1) is 9.10. The molecule has 0 bridgehead atoms. The molecule has 4 amide bonds. The van der Waals surface area contributed by atoms with Crippen LogP contribution in [0.5, 0.6) is 0 Å². The summed E-state index contributed by atoms with van der Waals surface area (Å²) in [4.78, 5) is 28.3. The molecule has 2 aliphatic rings. The molecule has 0 aromatic carbocycles. The summed E-state index contributed by atoms with van der Waals surface area (Å²) in [5, 5.41) is 10.2. The van der Waals surface area contributed by atoms with Gasteiger partial charge in [0.1, 0.15) is 0 Å². The number of urea groups is 2. The number of aliphatic hydroxyl groups excluding tert-OH is 1. The summed E-state index contributed by atoms with van der Waals surface area (Å²) in [6.45, 7) is 5.56. The first-order valence-corrected chi connectivity index (χ1v) is 6.78. The number of ether oxygens (including phenoxy) is 1. The van der Waals surface area contributed by atoms with E-state index in [1.165, 1.54) is 14.7 Å². The fraction of sp³-hybridized carbons (Fsp3) is 0.833. The van der Waals surface area contributed by atoms with E-state index in [1.807, 2.05) is 13.8 Å². The van der Waals surface area contributed by atoms with E-state index < -0.39 is 18.4 Å². The summed E-state index contributed by atoms with van der Waals surface area (Å²) in [6.07, 6.45) is 0.225. The number of rotatable bonds is 6. The minimum atomic E-state index is -1.18. The molecule has 0 aliphatic carbocycles. The third-order valence-corrected chi connectivity index (χ3v) is 3.23. The summed E-state index contributed by atoms with van der Waals surface area (Å²) in [5.41, 5.74) is 0. The first-order valence-electron chi connectivity index (χ1n) is 6.78. The lowest BCUT2D eigenvalue weighted by molar-refractivity contribution is -0.0943. The first kappa shape index (κ1) is 14.1. The van der Waals surface area contributed by atoms with Gasteiger partial charge in [-0.25, -0.2) is 14.5 Å². The number of carbonyl (C=O) groups is 2. The van der Waals surface area contributed by atoms with Crippen LogP contribution in [-0.4, -0.2) is 70.6 Å². The van der Waals surface area contributed by atoms with Crippen molar-refractivity contribution in [3.8, 4) is 0 Å². The molecule has 2 atom stereocenters. The van der Waals surface area contributed by atoms with Crippen LogP contribution in [0.4, 0.5) is 9.59 Å². The molecule has 7 heteroatoms. The second-order valence-electron chi connectivity index (χ2n) is 4.86. The van der Waals surface area contributed by atoms with E-state index in [1.54, 1.807) is 0 Å². The second kappa shape index (κ2) is 5.75. The average Bonchev–Trinajstić information content (AvgIpc) is 3.20. The smallest absolute Gasteiger partial charge is 0.331 e. The largest absolute Gasteiger partial charge is 0.371 e. The molecule has 0 radical (unpaired) electrons. The van der Waals surface area contributed by atoms with E-state index in [9.17, 15) is 14.7 Å². The van der Waals surface area contributed by atoms with Gasteiger partial charge in [-0.2, -0.15) is 0 Å². The van der Waals surface area contributed by atoms with Crippen LogP contribution in [0.3, 0.4) is 0 Å². The topological polar surface area (TPSA) is 76.6 Å². The van der Waals surface area contributed by atoms with E-state index in [0.29, 0.717) is 32.7 Å². The molecule has 7 nitrogen and oxygen atoms in total. The van der Waals surface area contributed by atoms with Gasteiger partial charge in [0.05, 0.1) is 19.3 Å². The van der Waals surface area contributed by atoms with E-state index >= 15 is 0 Å². The quantitative estimate of drug-likeness (QED) is 0.719. The van der Waals surface area contributed by atoms with Crippen molar-refractivity contribution in [2.45, 2.75) is 39.1 Å². The van der Waals surface area contributed by atoms with Gasteiger partial charge in [0, 0.05) is 13.1 Å². The Hall–Kier alpha value is -1.34. The molecule has 2 saturated heterocycles. The minimum Gasteiger partial charge on any atom is -0.371 e. The predicted molar refractivity (Wildman–Crippen MR) is 67.2 cm³/mol. The molecule has 2 rings (SSSR count). The summed E-state index contributed by atoms with van der Waals surface area (Å²) < 4.78 is 5.10. The van der Waals surface area contributed by atoms with Crippen LogP contribution in [-0.2, 0) is 4.74 Å². The van der Waals surface area contributed by atoms with Gasteiger partial charge >= 0.3 is 12.1 Å². The van der Waals surface area contributed by atoms with Gasteiger partial charge in [0.2, 0.25) is 6.35 Å². The van der Waals surface area contributed by atoms with Gasteiger partial charge in [-0.3, -0.25) is 9.80 Å². The van der Waals surface area contributed by atoms with Crippen molar-refractivity contribution in [3.05, 3.63) is 0 Å². The number of imide groups is 1. The monoisotopic (exact) mass is 271 g/mol. The highest BCUT2D eigenvalue weighted by Gasteiger charge is 2.44. The number of epoxide rings is 1. The maximum Gasteiger partial charge on any atom is 0.331 e. The van der Waals surface area contributed by atoms with Crippen LogP contribution in [0.2, 0.25) is 0 Å². The van der Waals surface area contributed by atoms with Gasteiger partial charge in [0.25, 0.3) is 0 Å². The van der Waals surface area contributed by atoms with Gasteiger partial charge in [-0.15, -0.1) is 0 Å². The van der Waals surface area contributed by atoms with Gasteiger partial charge in [0.15, 0.2) is 0 Å². The molecule has 0 aromatic rings. The maximum atomic E-state index is 12.2. The van der Waals surface area contributed by atoms with Crippen molar-refractivity contribution in [1.29, 1.82) is 0 Å². The molecular formula is C12H21N3O4. The zero-order chi connectivity index (χ0) is 14.0. The number of hydrogen-bond acceptors (Lipinski definition) is 4. The Morgan fingerprint density at radius 2 is 1.74 bits per heavy atom. The number of hydrogen-bond donors (Lipinski definition) is 1. The van der Waals surface area contributed by atoms with Crippen molar-refractivity contribution < 1.29 is 19.4 Å². The lowest BCUT2D eigenvalue weighted by Gasteiger charge is -2.44. The molecule has 2 heterocycles. The van der Waals surface area contributed by atoms with Crippen molar-refractivity contribution in [3.63, 3.8) is 0 Å². The van der Waals surface area contributed by atoms with E-state index in [4.69, 9.17) is 4.74 Å². The van der Waals surface area contributed by atoms with E-state index in [2.05, 4.69) is 0 Å². The Kier molecular flexibility index (Phi) is 4.26. The summed E-state index contributed by atoms with van der Waals surface area (Å²) in [6, 6.07) is -0.837. The highest BCUT2D eigenvalue weighted by Crippen LogP contribution is 2.22. The molecule has 0 aromatic heterocycles. The third-order valence-electron chi connectivity index (χ3n) is 3.23. The van der Waals surface area contributed by atoms with Crippen LogP contribution >= 0.6 is 0 Å². The Bertz CT molecular complexity index is 359. The summed E-state index contributed by atoms with van der Waals surface area (Å²) in [5.74, 6) is 0. The molecule has 0 spiro atoms. The lowest BCUT2D eigenvalue weighted by atomic mass is 10.3. The Balaban J connectivity index is 2.16. The molecule has 19 heavy (non-hydrogen) atoms. The highest BCUT2D eigenvalue weighted by molar-refractivity contribution is 5.96.